The highest BCUT2D eigenvalue weighted by atomic mass is 35.5. The fourth-order valence-corrected chi connectivity index (χ4v) is 3.56. The second-order valence-corrected chi connectivity index (χ2v) is 7.29. The van der Waals surface area contributed by atoms with Crippen LogP contribution in [0.5, 0.6) is 0 Å². The van der Waals surface area contributed by atoms with Gasteiger partial charge in [0, 0.05) is 49.0 Å². The molecule has 3 heterocycles. The molecule has 0 bridgehead atoms. The zero-order valence-electron chi connectivity index (χ0n) is 15.9. The number of piperazine rings is 1. The summed E-state index contributed by atoms with van der Waals surface area (Å²) in [6, 6.07) is 8.24. The third kappa shape index (κ3) is 4.22. The maximum Gasteiger partial charge on any atom is 0.227 e. The van der Waals surface area contributed by atoms with Crippen LogP contribution in [-0.2, 0) is 11.2 Å². The molecule has 0 aliphatic carbocycles. The molecule has 0 unspecified atom stereocenters. The smallest absolute Gasteiger partial charge is 0.227 e. The number of hydrogen-bond donors (Lipinski definition) is 0. The van der Waals surface area contributed by atoms with Crippen LogP contribution in [-0.4, -0.2) is 56.7 Å². The van der Waals surface area contributed by atoms with Gasteiger partial charge in [-0.05, 0) is 25.1 Å². The molecule has 1 amide bonds. The van der Waals surface area contributed by atoms with E-state index in [1.807, 2.05) is 25.3 Å². The SMILES string of the molecule is Cc1ccn(-c2cc(N3CCN(C(=O)Cc4c(F)cccc4Cl)CC3)ncn2)n1. The molecule has 0 atom stereocenters. The van der Waals surface area contributed by atoms with Gasteiger partial charge in [-0.1, -0.05) is 17.7 Å². The zero-order chi connectivity index (χ0) is 20.4. The lowest BCUT2D eigenvalue weighted by atomic mass is 10.1. The zero-order valence-corrected chi connectivity index (χ0v) is 16.7. The lowest BCUT2D eigenvalue weighted by Gasteiger charge is -2.35. The first kappa shape index (κ1) is 19.3. The van der Waals surface area contributed by atoms with Crippen LogP contribution >= 0.6 is 11.6 Å². The van der Waals surface area contributed by atoms with E-state index in [1.54, 1.807) is 15.6 Å². The Balaban J connectivity index is 1.40. The number of anilines is 1. The van der Waals surface area contributed by atoms with Gasteiger partial charge in [-0.2, -0.15) is 5.10 Å². The highest BCUT2D eigenvalue weighted by molar-refractivity contribution is 6.31. The van der Waals surface area contributed by atoms with E-state index in [2.05, 4.69) is 20.0 Å². The van der Waals surface area contributed by atoms with Gasteiger partial charge in [0.25, 0.3) is 0 Å². The van der Waals surface area contributed by atoms with Gasteiger partial charge in [0.05, 0.1) is 12.1 Å². The summed E-state index contributed by atoms with van der Waals surface area (Å²) in [4.78, 5) is 25.1. The largest absolute Gasteiger partial charge is 0.353 e. The summed E-state index contributed by atoms with van der Waals surface area (Å²) < 4.78 is 15.7. The third-order valence-electron chi connectivity index (χ3n) is 4.94. The first-order valence-corrected chi connectivity index (χ1v) is 9.69. The van der Waals surface area contributed by atoms with Gasteiger partial charge >= 0.3 is 0 Å². The van der Waals surface area contributed by atoms with Crippen molar-refractivity contribution in [1.82, 2.24) is 24.6 Å². The summed E-state index contributed by atoms with van der Waals surface area (Å²) in [7, 11) is 0. The second-order valence-electron chi connectivity index (χ2n) is 6.88. The van der Waals surface area contributed by atoms with Crippen LogP contribution in [0.15, 0.2) is 42.9 Å². The van der Waals surface area contributed by atoms with Crippen molar-refractivity contribution in [3.05, 3.63) is 65.0 Å². The van der Waals surface area contributed by atoms with E-state index >= 15 is 0 Å². The molecule has 150 valence electrons. The number of aryl methyl sites for hydroxylation is 1. The number of nitrogens with zero attached hydrogens (tertiary/aromatic N) is 6. The summed E-state index contributed by atoms with van der Waals surface area (Å²) in [6.45, 7) is 4.25. The van der Waals surface area contributed by atoms with Crippen molar-refractivity contribution in [3.8, 4) is 5.82 Å². The van der Waals surface area contributed by atoms with E-state index in [-0.39, 0.29) is 22.9 Å². The number of aromatic nitrogens is 4. The molecule has 1 aromatic carbocycles. The van der Waals surface area contributed by atoms with Crippen LogP contribution < -0.4 is 4.90 Å². The Kier molecular flexibility index (Phi) is 5.44. The molecule has 0 saturated carbocycles. The van der Waals surface area contributed by atoms with E-state index in [0.717, 1.165) is 11.5 Å². The van der Waals surface area contributed by atoms with Crippen molar-refractivity contribution >= 4 is 23.3 Å². The van der Waals surface area contributed by atoms with Crippen LogP contribution in [0.4, 0.5) is 10.2 Å². The van der Waals surface area contributed by atoms with E-state index in [4.69, 9.17) is 11.6 Å². The van der Waals surface area contributed by atoms with Gasteiger partial charge in [0.1, 0.15) is 18.0 Å². The molecule has 29 heavy (non-hydrogen) atoms. The van der Waals surface area contributed by atoms with Crippen LogP contribution in [0.2, 0.25) is 5.02 Å². The van der Waals surface area contributed by atoms with Gasteiger partial charge in [-0.15, -0.1) is 0 Å². The monoisotopic (exact) mass is 414 g/mol. The maximum absolute atomic E-state index is 14.0. The van der Waals surface area contributed by atoms with E-state index in [9.17, 15) is 9.18 Å². The molecule has 1 saturated heterocycles. The molecule has 0 N–H and O–H groups in total. The summed E-state index contributed by atoms with van der Waals surface area (Å²) in [5, 5.41) is 4.65. The highest BCUT2D eigenvalue weighted by Crippen LogP contribution is 2.21. The minimum atomic E-state index is -0.452. The molecule has 4 rings (SSSR count). The van der Waals surface area contributed by atoms with Crippen LogP contribution in [0, 0.1) is 12.7 Å². The van der Waals surface area contributed by atoms with Crippen molar-refractivity contribution in [3.63, 3.8) is 0 Å². The number of hydrogen-bond acceptors (Lipinski definition) is 5. The van der Waals surface area contributed by atoms with Crippen molar-refractivity contribution in [2.24, 2.45) is 0 Å². The number of amides is 1. The Morgan fingerprint density at radius 1 is 1.14 bits per heavy atom. The Hall–Kier alpha value is -3.00. The molecule has 1 aliphatic rings. The normalized spacial score (nSPS) is 14.3. The lowest BCUT2D eigenvalue weighted by molar-refractivity contribution is -0.130. The number of benzene rings is 1. The molecule has 1 aliphatic heterocycles. The predicted octanol–water partition coefficient (Wildman–Crippen LogP) is 2.65. The van der Waals surface area contributed by atoms with E-state index < -0.39 is 5.82 Å². The third-order valence-corrected chi connectivity index (χ3v) is 5.30. The number of rotatable bonds is 4. The van der Waals surface area contributed by atoms with Gasteiger partial charge in [-0.3, -0.25) is 4.79 Å². The topological polar surface area (TPSA) is 67.2 Å². The van der Waals surface area contributed by atoms with Crippen molar-refractivity contribution in [2.75, 3.05) is 31.1 Å². The van der Waals surface area contributed by atoms with Gasteiger partial charge in [0.2, 0.25) is 5.91 Å². The summed E-state index contributed by atoms with van der Waals surface area (Å²) in [6.07, 6.45) is 3.33. The fourth-order valence-electron chi connectivity index (χ4n) is 3.33. The predicted molar refractivity (Wildman–Crippen MR) is 108 cm³/mol. The van der Waals surface area contributed by atoms with Gasteiger partial charge in [0.15, 0.2) is 5.82 Å². The summed E-state index contributed by atoms with van der Waals surface area (Å²) in [5.41, 5.74) is 1.16. The first-order valence-electron chi connectivity index (χ1n) is 9.31. The Labute approximate surface area is 172 Å². The molecule has 2 aromatic heterocycles. The minimum absolute atomic E-state index is 0.0399. The standard InChI is InChI=1S/C20H20ClFN6O/c1-14-5-6-28(25-14)19-12-18(23-13-24-19)26-7-9-27(10-8-26)20(29)11-15-16(21)3-2-4-17(15)22/h2-6,12-13H,7-11H2,1H3. The Morgan fingerprint density at radius 2 is 1.90 bits per heavy atom. The van der Waals surface area contributed by atoms with Crippen LogP contribution in [0.3, 0.4) is 0 Å². The van der Waals surface area contributed by atoms with Gasteiger partial charge in [-0.25, -0.2) is 19.0 Å². The average molecular weight is 415 g/mol. The van der Waals surface area contributed by atoms with Crippen molar-refractivity contribution in [2.45, 2.75) is 13.3 Å². The number of halogens is 2. The van der Waals surface area contributed by atoms with Crippen LogP contribution in [0.1, 0.15) is 11.3 Å². The van der Waals surface area contributed by atoms with Gasteiger partial charge < -0.3 is 9.80 Å². The van der Waals surface area contributed by atoms with E-state index in [0.29, 0.717) is 32.0 Å². The van der Waals surface area contributed by atoms with Crippen molar-refractivity contribution < 1.29 is 9.18 Å². The summed E-state index contributed by atoms with van der Waals surface area (Å²) >= 11 is 6.04. The second kappa shape index (κ2) is 8.16. The molecule has 0 radical (unpaired) electrons. The quantitative estimate of drug-likeness (QED) is 0.656. The molecule has 1 fully saturated rings. The lowest BCUT2D eigenvalue weighted by Crippen LogP contribution is -2.49. The van der Waals surface area contributed by atoms with E-state index in [1.165, 1.54) is 18.5 Å². The van der Waals surface area contributed by atoms with Crippen LogP contribution in [0.25, 0.3) is 5.82 Å². The van der Waals surface area contributed by atoms with Crippen molar-refractivity contribution in [1.29, 1.82) is 0 Å². The molecular weight excluding hydrogens is 395 g/mol. The Morgan fingerprint density at radius 3 is 2.59 bits per heavy atom. The summed E-state index contributed by atoms with van der Waals surface area (Å²) in [5.74, 6) is 0.891. The maximum atomic E-state index is 14.0. The average Bonchev–Trinajstić information content (AvgIpc) is 3.17. The minimum Gasteiger partial charge on any atom is -0.353 e. The molecule has 9 heteroatoms. The molecule has 0 spiro atoms. The number of carbonyl (C=O) groups is 1. The Bertz CT molecular complexity index is 1010. The number of carbonyl (C=O) groups excluding carboxylic acids is 1. The first-order chi connectivity index (χ1) is 14.0. The molecular formula is C20H20ClFN6O. The highest BCUT2D eigenvalue weighted by Gasteiger charge is 2.24. The molecule has 7 nitrogen and oxygen atoms in total. The fraction of sp³-hybridized carbons (Fsp3) is 0.300. The molecule has 3 aromatic rings.